The molecule has 0 aliphatic rings. The zero-order valence-corrected chi connectivity index (χ0v) is 14.7. The maximum Gasteiger partial charge on any atom is 0.184 e. The summed E-state index contributed by atoms with van der Waals surface area (Å²) in [7, 11) is -1.48. The number of benzene rings is 1. The van der Waals surface area contributed by atoms with E-state index in [4.69, 9.17) is 9.69 Å². The fraction of sp³-hybridized carbons (Fsp3) is 0.429. The predicted molar refractivity (Wildman–Crippen MR) is 91.9 cm³/mol. The van der Waals surface area contributed by atoms with E-state index in [0.29, 0.717) is 12.2 Å². The van der Waals surface area contributed by atoms with E-state index in [2.05, 4.69) is 49.4 Å². The van der Waals surface area contributed by atoms with Gasteiger partial charge in [0.05, 0.1) is 34.3 Å². The Bertz CT molecular complexity index is 530. The van der Waals surface area contributed by atoms with Gasteiger partial charge in [0.25, 0.3) is 0 Å². The second kappa shape index (κ2) is 8.42. The van der Waals surface area contributed by atoms with Gasteiger partial charge < -0.3 is 4.43 Å². The van der Waals surface area contributed by atoms with Crippen LogP contribution in [0.5, 0.6) is 0 Å². The molecule has 2 rings (SSSR count). The summed E-state index contributed by atoms with van der Waals surface area (Å²) in [4.78, 5) is 4.14. The summed E-state index contributed by atoms with van der Waals surface area (Å²) in [6, 6.07) is 10.2. The normalized spacial score (nSPS) is 12.3. The van der Waals surface area contributed by atoms with Gasteiger partial charge in [0.1, 0.15) is 0 Å². The molecule has 0 aliphatic heterocycles. The van der Waals surface area contributed by atoms with Gasteiger partial charge in [-0.2, -0.15) is 17.9 Å². The molecule has 108 valence electrons. The lowest BCUT2D eigenvalue weighted by Crippen LogP contribution is -2.32. The molecule has 0 aliphatic carbocycles. The number of thiol groups is 1. The molecule has 6 heteroatoms. The van der Waals surface area contributed by atoms with Crippen molar-refractivity contribution in [3.05, 3.63) is 29.8 Å². The van der Waals surface area contributed by atoms with Crippen molar-refractivity contribution in [3.63, 3.8) is 0 Å². The molecule has 0 bridgehead atoms. The van der Waals surface area contributed by atoms with Gasteiger partial charge in [-0.25, -0.2) is 4.98 Å². The first-order valence-corrected chi connectivity index (χ1v) is 11.3. The minimum atomic E-state index is -1.48. The van der Waals surface area contributed by atoms with Gasteiger partial charge in [0, 0.05) is 5.75 Å². The van der Waals surface area contributed by atoms with Crippen LogP contribution in [0.15, 0.2) is 29.8 Å². The third-order valence-electron chi connectivity index (χ3n) is 2.28. The van der Waals surface area contributed by atoms with Crippen LogP contribution in [0.1, 0.15) is 6.42 Å². The Balaban J connectivity index is 0.000000202. The van der Waals surface area contributed by atoms with Crippen LogP contribution in [-0.4, -0.2) is 25.2 Å². The van der Waals surface area contributed by atoms with Crippen LogP contribution in [0.25, 0.3) is 10.2 Å². The molecule has 20 heavy (non-hydrogen) atoms. The van der Waals surface area contributed by atoms with Crippen molar-refractivity contribution in [2.75, 3.05) is 5.75 Å². The Kier molecular flexibility index (Phi) is 7.23. The molecule has 3 nitrogen and oxygen atoms in total. The highest BCUT2D eigenvalue weighted by Gasteiger charge is 2.19. The van der Waals surface area contributed by atoms with E-state index < -0.39 is 8.32 Å². The van der Waals surface area contributed by atoms with Crippen molar-refractivity contribution >= 4 is 42.5 Å². The number of hydrogen-bond donors (Lipinski definition) is 1. The van der Waals surface area contributed by atoms with Crippen molar-refractivity contribution < 1.29 is 4.43 Å². The first kappa shape index (κ1) is 17.2. The Morgan fingerprint density at radius 2 is 2.10 bits per heavy atom. The number of nitriles is 1. The maximum absolute atomic E-state index is 8.42. The van der Waals surface area contributed by atoms with Gasteiger partial charge in [0.15, 0.2) is 8.32 Å². The molecule has 0 saturated heterocycles. The SMILES string of the molecule is C[Si](C)(C)O[C@H](CS)CC#N.c1ccc2scnc2c1. The molecule has 2 aromatic rings. The van der Waals surface area contributed by atoms with E-state index >= 15 is 0 Å². The largest absolute Gasteiger partial charge is 0.413 e. The second-order valence-electron chi connectivity index (χ2n) is 5.22. The highest BCUT2D eigenvalue weighted by molar-refractivity contribution is 7.80. The number of hydrogen-bond acceptors (Lipinski definition) is 5. The van der Waals surface area contributed by atoms with Crippen LogP contribution in [0.3, 0.4) is 0 Å². The van der Waals surface area contributed by atoms with Gasteiger partial charge in [-0.05, 0) is 31.8 Å². The van der Waals surface area contributed by atoms with E-state index in [1.807, 2.05) is 23.7 Å². The molecule has 1 aromatic carbocycles. The Hall–Kier alpha value is -0.873. The Labute approximate surface area is 131 Å². The highest BCUT2D eigenvalue weighted by atomic mass is 32.1. The molecule has 0 N–H and O–H groups in total. The molecular weight excluding hydrogens is 304 g/mol. The predicted octanol–water partition coefficient (Wildman–Crippen LogP) is 4.35. The van der Waals surface area contributed by atoms with Gasteiger partial charge in [-0.1, -0.05) is 12.1 Å². The average molecular weight is 325 g/mol. The van der Waals surface area contributed by atoms with Crippen LogP contribution < -0.4 is 0 Å². The maximum atomic E-state index is 8.42. The average Bonchev–Trinajstić information content (AvgIpc) is 2.85. The van der Waals surface area contributed by atoms with Crippen LogP contribution in [0.2, 0.25) is 19.6 Å². The standard InChI is InChI=1S/C7H15NOSSi.C7H5NS/c1-11(2,3)9-7(6-10)4-5-8;1-2-4-7-6(3-1)8-5-9-7/h7,10H,4,6H2,1-3H3;1-5H/t7-;/m0./s1. The second-order valence-corrected chi connectivity index (χ2v) is 10.9. The first-order valence-electron chi connectivity index (χ1n) is 6.40. The minimum absolute atomic E-state index is 0.0231. The van der Waals surface area contributed by atoms with Crippen LogP contribution in [-0.2, 0) is 4.43 Å². The van der Waals surface area contributed by atoms with Gasteiger partial charge in [0.2, 0.25) is 0 Å². The van der Waals surface area contributed by atoms with Gasteiger partial charge >= 0.3 is 0 Å². The third kappa shape index (κ3) is 6.53. The lowest BCUT2D eigenvalue weighted by molar-refractivity contribution is 0.224. The van der Waals surface area contributed by atoms with E-state index in [-0.39, 0.29) is 6.10 Å². The Morgan fingerprint density at radius 1 is 1.40 bits per heavy atom. The molecule has 1 aromatic heterocycles. The van der Waals surface area contributed by atoms with Crippen LogP contribution >= 0.6 is 24.0 Å². The molecule has 0 spiro atoms. The molecule has 0 unspecified atom stereocenters. The summed E-state index contributed by atoms with van der Waals surface area (Å²) < 4.78 is 6.93. The number of aromatic nitrogens is 1. The smallest absolute Gasteiger partial charge is 0.184 e. The molecule has 0 fully saturated rings. The van der Waals surface area contributed by atoms with E-state index in [9.17, 15) is 0 Å². The van der Waals surface area contributed by atoms with Crippen molar-refractivity contribution in [1.29, 1.82) is 5.26 Å². The molecule has 1 atom stereocenters. The molecule has 0 radical (unpaired) electrons. The fourth-order valence-corrected chi connectivity index (χ4v) is 3.74. The third-order valence-corrected chi connectivity index (χ3v) is 4.54. The number of fused-ring (bicyclic) bond motifs is 1. The molecule has 0 saturated carbocycles. The number of nitrogens with zero attached hydrogens (tertiary/aromatic N) is 2. The number of rotatable bonds is 4. The Morgan fingerprint density at radius 3 is 2.65 bits per heavy atom. The quantitative estimate of drug-likeness (QED) is 0.672. The van der Waals surface area contributed by atoms with E-state index in [1.165, 1.54) is 4.70 Å². The van der Waals surface area contributed by atoms with Crippen LogP contribution in [0.4, 0.5) is 0 Å². The van der Waals surface area contributed by atoms with E-state index in [1.54, 1.807) is 11.3 Å². The molecule has 1 heterocycles. The van der Waals surface area contributed by atoms with E-state index in [0.717, 1.165) is 5.52 Å². The summed E-state index contributed by atoms with van der Waals surface area (Å²) in [5.41, 5.74) is 2.97. The zero-order valence-electron chi connectivity index (χ0n) is 12.0. The lowest BCUT2D eigenvalue weighted by Gasteiger charge is -2.23. The lowest BCUT2D eigenvalue weighted by atomic mass is 10.3. The molecular formula is C14H20N2OS2Si. The van der Waals surface area contributed by atoms with Gasteiger partial charge in [-0.15, -0.1) is 11.3 Å². The van der Waals surface area contributed by atoms with Crippen molar-refractivity contribution in [2.45, 2.75) is 32.2 Å². The monoisotopic (exact) mass is 324 g/mol. The van der Waals surface area contributed by atoms with Crippen molar-refractivity contribution in [1.82, 2.24) is 4.98 Å². The summed E-state index contributed by atoms with van der Waals surface area (Å²) in [5, 5.41) is 8.42. The highest BCUT2D eigenvalue weighted by Crippen LogP contribution is 2.15. The summed E-state index contributed by atoms with van der Waals surface area (Å²) in [6.45, 7) is 6.34. The van der Waals surface area contributed by atoms with Crippen molar-refractivity contribution in [2.24, 2.45) is 0 Å². The fourth-order valence-electron chi connectivity index (χ4n) is 1.55. The summed E-state index contributed by atoms with van der Waals surface area (Å²) >= 11 is 5.78. The van der Waals surface area contributed by atoms with Crippen LogP contribution in [0, 0.1) is 11.3 Å². The van der Waals surface area contributed by atoms with Gasteiger partial charge in [-0.3, -0.25) is 0 Å². The summed E-state index contributed by atoms with van der Waals surface area (Å²) in [5.74, 6) is 0.637. The first-order chi connectivity index (χ1) is 9.46. The minimum Gasteiger partial charge on any atom is -0.413 e. The topological polar surface area (TPSA) is 45.9 Å². The number of para-hydroxylation sites is 1. The summed E-state index contributed by atoms with van der Waals surface area (Å²) in [6.07, 6.45) is 0.475. The molecule has 0 amide bonds. The van der Waals surface area contributed by atoms with Crippen molar-refractivity contribution in [3.8, 4) is 6.07 Å². The zero-order chi connectivity index (χ0) is 15.0. The number of thiazole rings is 1.